The topological polar surface area (TPSA) is 52.1 Å². The Balaban J connectivity index is 3.13. The molecule has 0 aliphatic carbocycles. The van der Waals surface area contributed by atoms with Crippen LogP contribution in [0.1, 0.15) is 22.7 Å². The van der Waals surface area contributed by atoms with Crippen LogP contribution in [0.25, 0.3) is 0 Å². The summed E-state index contributed by atoms with van der Waals surface area (Å²) in [6, 6.07) is 0. The van der Waals surface area contributed by atoms with Gasteiger partial charge in [-0.3, -0.25) is 0 Å². The molecule has 0 atom stereocenters. The van der Waals surface area contributed by atoms with E-state index >= 15 is 0 Å². The van der Waals surface area contributed by atoms with E-state index in [1.165, 1.54) is 0 Å². The number of esters is 1. The summed E-state index contributed by atoms with van der Waals surface area (Å²) in [6.45, 7) is 0. The first-order valence-corrected chi connectivity index (χ1v) is 3.45. The van der Waals surface area contributed by atoms with Crippen LogP contribution >= 0.6 is 0 Å². The molecule has 0 N–H and O–H groups in total. The summed E-state index contributed by atoms with van der Waals surface area (Å²) in [4.78, 5) is 17.0. The van der Waals surface area contributed by atoms with Gasteiger partial charge in [0.05, 0.1) is 13.3 Å². The number of nitrogens with zero attached hydrogens (tertiary/aromatic N) is 2. The third-order valence-corrected chi connectivity index (χ3v) is 1.35. The van der Waals surface area contributed by atoms with Crippen molar-refractivity contribution in [3.63, 3.8) is 0 Å². The van der Waals surface area contributed by atoms with Crippen molar-refractivity contribution in [3.05, 3.63) is 23.5 Å². The number of hydrogen-bond acceptors (Lipinski definition) is 4. The van der Waals surface area contributed by atoms with Gasteiger partial charge in [0, 0.05) is 0 Å². The average Bonchev–Trinajstić information content (AvgIpc) is 2.17. The first-order chi connectivity index (χ1) is 6.56. The zero-order valence-corrected chi connectivity index (χ0v) is 7.00. The highest BCUT2D eigenvalue weighted by Gasteiger charge is 2.19. The van der Waals surface area contributed by atoms with Crippen molar-refractivity contribution < 1.29 is 22.7 Å². The number of hydrogen-bond donors (Lipinski definition) is 0. The highest BCUT2D eigenvalue weighted by molar-refractivity contribution is 5.84. The van der Waals surface area contributed by atoms with Crippen molar-refractivity contribution in [2.45, 2.75) is 6.43 Å². The first kappa shape index (κ1) is 10.4. The van der Waals surface area contributed by atoms with Crippen molar-refractivity contribution in [2.24, 2.45) is 0 Å². The van der Waals surface area contributed by atoms with Crippen LogP contribution in [0, 0.1) is 5.82 Å². The first-order valence-electron chi connectivity index (χ1n) is 3.45. The maximum atomic E-state index is 12.6. The predicted molar refractivity (Wildman–Crippen MR) is 38.3 cm³/mol. The molecule has 1 aromatic heterocycles. The molecule has 76 valence electrons. The molecule has 0 saturated carbocycles. The van der Waals surface area contributed by atoms with Gasteiger partial charge in [0.25, 0.3) is 6.43 Å². The quantitative estimate of drug-likeness (QED) is 0.685. The number of carbonyl (C=O) groups is 1. The molecule has 0 aliphatic heterocycles. The Morgan fingerprint density at radius 1 is 1.57 bits per heavy atom. The molecule has 0 unspecified atom stereocenters. The van der Waals surface area contributed by atoms with E-state index in [9.17, 15) is 18.0 Å². The second-order valence-electron chi connectivity index (χ2n) is 2.22. The molecule has 0 bridgehead atoms. The van der Waals surface area contributed by atoms with Crippen LogP contribution in [0.4, 0.5) is 13.2 Å². The third kappa shape index (κ3) is 1.98. The molecule has 0 aliphatic rings. The number of ether oxygens (including phenoxy) is 1. The number of methoxy groups -OCH3 is 1. The lowest BCUT2D eigenvalue weighted by atomic mass is 10.4. The smallest absolute Gasteiger partial charge is 0.376 e. The summed E-state index contributed by atoms with van der Waals surface area (Å²) in [7, 11) is 1.04. The van der Waals surface area contributed by atoms with Gasteiger partial charge in [-0.2, -0.15) is 0 Å². The van der Waals surface area contributed by atoms with Crippen LogP contribution in [0.2, 0.25) is 0 Å². The second-order valence-corrected chi connectivity index (χ2v) is 2.22. The van der Waals surface area contributed by atoms with Gasteiger partial charge in [0.2, 0.25) is 5.82 Å². The zero-order chi connectivity index (χ0) is 10.7. The highest BCUT2D eigenvalue weighted by Crippen LogP contribution is 2.18. The van der Waals surface area contributed by atoms with Crippen LogP contribution in [-0.2, 0) is 4.74 Å². The summed E-state index contributed by atoms with van der Waals surface area (Å²) >= 11 is 0. The Bertz CT molecular complexity index is 357. The van der Waals surface area contributed by atoms with E-state index in [2.05, 4.69) is 14.7 Å². The minimum atomic E-state index is -3.10. The van der Waals surface area contributed by atoms with Gasteiger partial charge in [-0.1, -0.05) is 0 Å². The Kier molecular flexibility index (Phi) is 3.00. The van der Waals surface area contributed by atoms with Gasteiger partial charge in [0.1, 0.15) is 5.69 Å². The van der Waals surface area contributed by atoms with E-state index in [1.807, 2.05) is 0 Å². The van der Waals surface area contributed by atoms with Crippen molar-refractivity contribution in [1.29, 1.82) is 0 Å². The molecular weight excluding hydrogens is 201 g/mol. The molecule has 0 spiro atoms. The van der Waals surface area contributed by atoms with Crippen molar-refractivity contribution in [1.82, 2.24) is 9.97 Å². The maximum Gasteiger partial charge on any atom is 0.376 e. The molecule has 1 aromatic rings. The van der Waals surface area contributed by atoms with Gasteiger partial charge < -0.3 is 4.74 Å². The van der Waals surface area contributed by atoms with Crippen molar-refractivity contribution >= 4 is 5.97 Å². The summed E-state index contributed by atoms with van der Waals surface area (Å²) in [5.41, 5.74) is -1.11. The zero-order valence-electron chi connectivity index (χ0n) is 7.00. The van der Waals surface area contributed by atoms with Gasteiger partial charge >= 0.3 is 5.97 Å². The second kappa shape index (κ2) is 4.03. The van der Waals surface area contributed by atoms with Crippen molar-refractivity contribution in [2.75, 3.05) is 7.11 Å². The lowest BCUT2D eigenvalue weighted by Gasteiger charge is -2.02. The normalized spacial score (nSPS) is 10.4. The summed E-state index contributed by atoms with van der Waals surface area (Å²) < 4.78 is 41.0. The molecule has 0 amide bonds. The highest BCUT2D eigenvalue weighted by atomic mass is 19.3. The standard InChI is InChI=1S/C7H5F3N2O2/c1-14-7(13)6-11-2-3(8)4(12-6)5(9)10/h2,5H,1H3. The largest absolute Gasteiger partial charge is 0.463 e. The maximum absolute atomic E-state index is 12.6. The fourth-order valence-corrected chi connectivity index (χ4v) is 0.723. The van der Waals surface area contributed by atoms with E-state index in [4.69, 9.17) is 0 Å². The van der Waals surface area contributed by atoms with Gasteiger partial charge in [-0.05, 0) is 0 Å². The van der Waals surface area contributed by atoms with Gasteiger partial charge in [-0.25, -0.2) is 27.9 Å². The fraction of sp³-hybridized carbons (Fsp3) is 0.286. The molecule has 4 nitrogen and oxygen atoms in total. The van der Waals surface area contributed by atoms with Crippen LogP contribution in [0.15, 0.2) is 6.20 Å². The lowest BCUT2D eigenvalue weighted by molar-refractivity contribution is 0.0584. The molecular formula is C7H5F3N2O2. The van der Waals surface area contributed by atoms with E-state index in [1.54, 1.807) is 0 Å². The van der Waals surface area contributed by atoms with E-state index in [-0.39, 0.29) is 0 Å². The molecule has 0 radical (unpaired) electrons. The molecule has 1 heterocycles. The molecule has 14 heavy (non-hydrogen) atoms. The predicted octanol–water partition coefficient (Wildman–Crippen LogP) is 1.34. The van der Waals surface area contributed by atoms with Gasteiger partial charge in [-0.15, -0.1) is 0 Å². The van der Waals surface area contributed by atoms with Crippen LogP contribution < -0.4 is 0 Å². The number of carbonyl (C=O) groups excluding carboxylic acids is 1. The molecule has 0 aromatic carbocycles. The SMILES string of the molecule is COC(=O)c1ncc(F)c(C(F)F)n1. The number of halogens is 3. The average molecular weight is 206 g/mol. The molecule has 7 heteroatoms. The molecule has 0 fully saturated rings. The minimum absolute atomic E-state index is 0.501. The summed E-state index contributed by atoms with van der Waals surface area (Å²) in [5, 5.41) is 0. The lowest BCUT2D eigenvalue weighted by Crippen LogP contribution is -2.10. The summed E-state index contributed by atoms with van der Waals surface area (Å²) in [5.74, 6) is -2.84. The van der Waals surface area contributed by atoms with E-state index in [0.717, 1.165) is 7.11 Å². The van der Waals surface area contributed by atoms with Crippen LogP contribution in [-0.4, -0.2) is 23.0 Å². The van der Waals surface area contributed by atoms with E-state index < -0.39 is 29.7 Å². The fourth-order valence-electron chi connectivity index (χ4n) is 0.723. The van der Waals surface area contributed by atoms with Crippen molar-refractivity contribution in [3.8, 4) is 0 Å². The molecule has 0 saturated heterocycles. The Morgan fingerprint density at radius 2 is 2.21 bits per heavy atom. The Morgan fingerprint density at radius 3 is 2.71 bits per heavy atom. The van der Waals surface area contributed by atoms with Crippen LogP contribution in [0.5, 0.6) is 0 Å². The monoisotopic (exact) mass is 206 g/mol. The Labute approximate surface area is 76.7 Å². The number of aromatic nitrogens is 2. The van der Waals surface area contributed by atoms with Gasteiger partial charge in [0.15, 0.2) is 5.82 Å². The van der Waals surface area contributed by atoms with Crippen LogP contribution in [0.3, 0.4) is 0 Å². The minimum Gasteiger partial charge on any atom is -0.463 e. The number of rotatable bonds is 2. The van der Waals surface area contributed by atoms with E-state index in [0.29, 0.717) is 6.20 Å². The summed E-state index contributed by atoms with van der Waals surface area (Å²) in [6.07, 6.45) is -2.60. The molecule has 1 rings (SSSR count). The number of alkyl halides is 2. The third-order valence-electron chi connectivity index (χ3n) is 1.35. The Hall–Kier alpha value is -1.66.